The summed E-state index contributed by atoms with van der Waals surface area (Å²) in [5.74, 6) is 0.328. The Morgan fingerprint density at radius 3 is 2.26 bits per heavy atom. The second kappa shape index (κ2) is 14.4. The quantitative estimate of drug-likeness (QED) is 0.149. The van der Waals surface area contributed by atoms with E-state index < -0.39 is 16.1 Å². The second-order valence-corrected chi connectivity index (χ2v) is 13.6. The van der Waals surface area contributed by atoms with Gasteiger partial charge in [-0.2, -0.15) is 4.98 Å². The van der Waals surface area contributed by atoms with E-state index >= 15 is 0 Å². The number of sulfonamides is 1. The number of carbonyl (C=O) groups is 1. The number of hydrogen-bond donors (Lipinski definition) is 2. The molecule has 0 atom stereocenters. The van der Waals surface area contributed by atoms with E-state index in [4.69, 9.17) is 18.9 Å². The van der Waals surface area contributed by atoms with Crippen molar-refractivity contribution in [3.63, 3.8) is 0 Å². The highest BCUT2D eigenvalue weighted by atomic mass is 32.2. The van der Waals surface area contributed by atoms with Crippen molar-refractivity contribution in [1.82, 2.24) is 24.9 Å². The molecule has 5 rings (SSSR count). The predicted molar refractivity (Wildman–Crippen MR) is 175 cm³/mol. The third-order valence-corrected chi connectivity index (χ3v) is 9.49. The summed E-state index contributed by atoms with van der Waals surface area (Å²) < 4.78 is 52.8. The van der Waals surface area contributed by atoms with E-state index in [-0.39, 0.29) is 57.7 Å². The number of benzene rings is 1. The summed E-state index contributed by atoms with van der Waals surface area (Å²) in [6.45, 7) is 5.58. The van der Waals surface area contributed by atoms with Gasteiger partial charge in [-0.05, 0) is 47.9 Å². The minimum atomic E-state index is -4.18. The Hall–Kier alpha value is -5.35. The number of hydrogen-bond acceptors (Lipinski definition) is 13. The molecule has 5 aromatic rings. The molecule has 0 aliphatic carbocycles. The van der Waals surface area contributed by atoms with Crippen LogP contribution in [0.5, 0.6) is 23.1 Å². The van der Waals surface area contributed by atoms with E-state index in [1.807, 2.05) is 20.8 Å². The third-order valence-electron chi connectivity index (χ3n) is 6.15. The van der Waals surface area contributed by atoms with Gasteiger partial charge in [-0.3, -0.25) is 10.0 Å². The molecule has 14 nitrogen and oxygen atoms in total. The smallest absolute Gasteiger partial charge is 0.412 e. The Balaban J connectivity index is 1.51. The molecule has 0 radical (unpaired) electrons. The minimum Gasteiger partial charge on any atom is -0.493 e. The number of rotatable bonds is 12. The first-order chi connectivity index (χ1) is 22.5. The molecular formula is C31H31N7O7S2. The SMILES string of the molecule is COc1ccccc1Oc1c(NS(=O)(=O)c2ccc(C(C)(C)C)s2)nc(-c2ncccn2)nc1OCCOC(=O)Nc1ccccn1. The number of thiophene rings is 1. The Labute approximate surface area is 275 Å². The number of carbonyl (C=O) groups excluding carboxylic acids is 1. The van der Waals surface area contributed by atoms with E-state index in [1.54, 1.807) is 54.6 Å². The zero-order valence-corrected chi connectivity index (χ0v) is 27.5. The Bertz CT molecular complexity index is 1940. The van der Waals surface area contributed by atoms with Crippen LogP contribution in [0.3, 0.4) is 0 Å². The average Bonchev–Trinajstić information content (AvgIpc) is 3.58. The summed E-state index contributed by atoms with van der Waals surface area (Å²) in [5.41, 5.74) is -0.263. The number of nitrogens with one attached hydrogen (secondary N) is 2. The van der Waals surface area contributed by atoms with Crippen LogP contribution in [0, 0.1) is 0 Å². The molecule has 1 amide bonds. The van der Waals surface area contributed by atoms with E-state index in [0.717, 1.165) is 16.2 Å². The molecule has 244 valence electrons. The normalized spacial score (nSPS) is 11.4. The number of anilines is 2. The van der Waals surface area contributed by atoms with Crippen LogP contribution in [-0.2, 0) is 20.2 Å². The van der Waals surface area contributed by atoms with Crippen molar-refractivity contribution >= 4 is 39.1 Å². The summed E-state index contributed by atoms with van der Waals surface area (Å²) in [6, 6.07) is 16.7. The molecular weight excluding hydrogens is 647 g/mol. The first-order valence-corrected chi connectivity index (χ1v) is 16.4. The molecule has 0 spiro atoms. The van der Waals surface area contributed by atoms with Crippen molar-refractivity contribution in [2.75, 3.05) is 30.4 Å². The molecule has 4 aromatic heterocycles. The number of methoxy groups -OCH3 is 1. The van der Waals surface area contributed by atoms with Crippen LogP contribution in [0.1, 0.15) is 25.6 Å². The first-order valence-electron chi connectivity index (χ1n) is 14.1. The van der Waals surface area contributed by atoms with Crippen molar-refractivity contribution in [1.29, 1.82) is 0 Å². The highest BCUT2D eigenvalue weighted by molar-refractivity contribution is 7.94. The highest BCUT2D eigenvalue weighted by Gasteiger charge is 2.28. The number of aromatic nitrogens is 5. The van der Waals surface area contributed by atoms with Crippen molar-refractivity contribution < 1.29 is 32.2 Å². The fraction of sp³-hybridized carbons (Fsp3) is 0.226. The minimum absolute atomic E-state index is 0.0546. The molecule has 0 saturated heterocycles. The Morgan fingerprint density at radius 2 is 1.57 bits per heavy atom. The van der Waals surface area contributed by atoms with Gasteiger partial charge in [0, 0.05) is 23.5 Å². The van der Waals surface area contributed by atoms with Crippen LogP contribution in [-0.4, -0.2) is 59.8 Å². The largest absolute Gasteiger partial charge is 0.493 e. The van der Waals surface area contributed by atoms with Crippen LogP contribution in [0.4, 0.5) is 16.4 Å². The molecule has 0 aliphatic rings. The Kier molecular flexibility index (Phi) is 10.1. The van der Waals surface area contributed by atoms with Gasteiger partial charge in [-0.15, -0.1) is 11.3 Å². The molecule has 0 unspecified atom stereocenters. The van der Waals surface area contributed by atoms with Gasteiger partial charge < -0.3 is 18.9 Å². The maximum Gasteiger partial charge on any atom is 0.412 e. The molecule has 16 heteroatoms. The van der Waals surface area contributed by atoms with Gasteiger partial charge in [0.15, 0.2) is 23.1 Å². The lowest BCUT2D eigenvalue weighted by atomic mass is 9.95. The molecule has 1 aromatic carbocycles. The summed E-state index contributed by atoms with van der Waals surface area (Å²) in [6.07, 6.45) is 3.75. The summed E-state index contributed by atoms with van der Waals surface area (Å²) >= 11 is 1.14. The van der Waals surface area contributed by atoms with E-state index in [1.165, 1.54) is 31.8 Å². The zero-order chi connectivity index (χ0) is 33.4. The fourth-order valence-electron chi connectivity index (χ4n) is 3.91. The van der Waals surface area contributed by atoms with Gasteiger partial charge in [0.1, 0.15) is 23.2 Å². The molecule has 0 fully saturated rings. The van der Waals surface area contributed by atoms with Crippen LogP contribution in [0.25, 0.3) is 11.6 Å². The number of nitrogens with zero attached hydrogens (tertiary/aromatic N) is 5. The Morgan fingerprint density at radius 1 is 0.851 bits per heavy atom. The van der Waals surface area contributed by atoms with Crippen molar-refractivity contribution in [2.24, 2.45) is 0 Å². The van der Waals surface area contributed by atoms with Crippen molar-refractivity contribution in [3.8, 4) is 34.8 Å². The average molecular weight is 678 g/mol. The van der Waals surface area contributed by atoms with E-state index in [9.17, 15) is 13.2 Å². The molecule has 4 heterocycles. The summed E-state index contributed by atoms with van der Waals surface area (Å²) in [7, 11) is -2.71. The molecule has 0 bridgehead atoms. The van der Waals surface area contributed by atoms with Gasteiger partial charge in [0.05, 0.1) is 7.11 Å². The van der Waals surface area contributed by atoms with E-state index in [2.05, 4.69) is 35.0 Å². The molecule has 0 aliphatic heterocycles. The van der Waals surface area contributed by atoms with Crippen molar-refractivity contribution in [3.05, 3.63) is 84.1 Å². The summed E-state index contributed by atoms with van der Waals surface area (Å²) in [4.78, 5) is 34.5. The lowest BCUT2D eigenvalue weighted by Crippen LogP contribution is -2.19. The fourth-order valence-corrected chi connectivity index (χ4v) is 6.28. The number of ether oxygens (including phenoxy) is 4. The predicted octanol–water partition coefficient (Wildman–Crippen LogP) is 5.92. The molecule has 2 N–H and O–H groups in total. The standard InChI is InChI=1S/C31H31N7O7S2/c1-31(2,3)22-13-14-24(46-22)47(40,41)38-26-25(45-21-11-6-5-10-20(21)42-4)29(37-28(36-26)27-33-16-9-17-34-27)43-18-19-44-30(39)35-23-12-7-8-15-32-23/h5-17H,18-19H2,1-4H3,(H,32,35,39)(H,36,37,38). The molecule has 0 saturated carbocycles. The van der Waals surface area contributed by atoms with Gasteiger partial charge >= 0.3 is 6.09 Å². The van der Waals surface area contributed by atoms with Crippen LogP contribution in [0.2, 0.25) is 0 Å². The summed E-state index contributed by atoms with van der Waals surface area (Å²) in [5, 5.41) is 2.50. The number of pyridine rings is 1. The van der Waals surface area contributed by atoms with Gasteiger partial charge in [0.2, 0.25) is 11.6 Å². The third kappa shape index (κ3) is 8.47. The number of para-hydroxylation sites is 2. The first kappa shape index (κ1) is 33.0. The van der Waals surface area contributed by atoms with Gasteiger partial charge in [-0.25, -0.2) is 33.1 Å². The lowest BCUT2D eigenvalue weighted by molar-refractivity contribution is 0.135. The zero-order valence-electron chi connectivity index (χ0n) is 25.8. The van der Waals surface area contributed by atoms with Crippen LogP contribution >= 0.6 is 11.3 Å². The van der Waals surface area contributed by atoms with Crippen LogP contribution in [0.15, 0.2) is 83.5 Å². The van der Waals surface area contributed by atoms with Crippen LogP contribution < -0.4 is 24.2 Å². The number of amides is 1. The lowest BCUT2D eigenvalue weighted by Gasteiger charge is -2.18. The monoisotopic (exact) mass is 677 g/mol. The topological polar surface area (TPSA) is 177 Å². The maximum atomic E-state index is 13.7. The molecule has 47 heavy (non-hydrogen) atoms. The van der Waals surface area contributed by atoms with Crippen molar-refractivity contribution in [2.45, 2.75) is 30.4 Å². The van der Waals surface area contributed by atoms with Gasteiger partial charge in [0.25, 0.3) is 15.9 Å². The van der Waals surface area contributed by atoms with Gasteiger partial charge in [-0.1, -0.05) is 39.0 Å². The highest BCUT2D eigenvalue weighted by Crippen LogP contribution is 2.42. The maximum absolute atomic E-state index is 13.7. The van der Waals surface area contributed by atoms with E-state index in [0.29, 0.717) is 11.6 Å². The second-order valence-electron chi connectivity index (χ2n) is 10.7.